The SMILES string of the molecule is CCNC1(CO)CCCC(n2nc(C)c(Cl)c2C)C1. The molecule has 5 heteroatoms. The predicted octanol–water partition coefficient (Wildman–Crippen LogP) is 2.61. The van der Waals surface area contributed by atoms with Gasteiger partial charge in [0.1, 0.15) is 0 Å². The first-order valence-corrected chi connectivity index (χ1v) is 7.48. The van der Waals surface area contributed by atoms with Crippen LogP contribution in [0.3, 0.4) is 0 Å². The van der Waals surface area contributed by atoms with Crippen LogP contribution in [0.15, 0.2) is 0 Å². The van der Waals surface area contributed by atoms with Crippen LogP contribution in [0.5, 0.6) is 0 Å². The average Bonchev–Trinajstić information content (AvgIpc) is 2.67. The van der Waals surface area contributed by atoms with Gasteiger partial charge in [-0.2, -0.15) is 5.10 Å². The standard InChI is InChI=1S/C14H24ClN3O/c1-4-16-14(9-19)7-5-6-12(8-14)18-11(3)13(15)10(2)17-18/h12,16,19H,4-9H2,1-3H3. The summed E-state index contributed by atoms with van der Waals surface area (Å²) in [7, 11) is 0. The molecule has 2 atom stereocenters. The Hall–Kier alpha value is -0.580. The molecular formula is C14H24ClN3O. The second kappa shape index (κ2) is 5.81. The third kappa shape index (κ3) is 2.81. The van der Waals surface area contributed by atoms with Crippen molar-refractivity contribution in [3.63, 3.8) is 0 Å². The summed E-state index contributed by atoms with van der Waals surface area (Å²) >= 11 is 6.24. The minimum Gasteiger partial charge on any atom is -0.394 e. The number of aromatic nitrogens is 2. The molecule has 0 bridgehead atoms. The molecular weight excluding hydrogens is 262 g/mol. The first-order chi connectivity index (χ1) is 9.03. The fraction of sp³-hybridized carbons (Fsp3) is 0.786. The topological polar surface area (TPSA) is 50.1 Å². The van der Waals surface area contributed by atoms with Gasteiger partial charge in [0.25, 0.3) is 0 Å². The molecule has 2 rings (SSSR count). The summed E-state index contributed by atoms with van der Waals surface area (Å²) in [5, 5.41) is 18.5. The van der Waals surface area contributed by atoms with E-state index in [1.165, 1.54) is 0 Å². The van der Waals surface area contributed by atoms with E-state index in [-0.39, 0.29) is 12.1 Å². The Labute approximate surface area is 120 Å². The number of hydrogen-bond donors (Lipinski definition) is 2. The highest BCUT2D eigenvalue weighted by Crippen LogP contribution is 2.37. The molecule has 1 fully saturated rings. The van der Waals surface area contributed by atoms with Crippen molar-refractivity contribution in [1.82, 2.24) is 15.1 Å². The van der Waals surface area contributed by atoms with E-state index in [2.05, 4.69) is 22.0 Å². The van der Waals surface area contributed by atoms with Crippen LogP contribution in [0, 0.1) is 13.8 Å². The highest BCUT2D eigenvalue weighted by Gasteiger charge is 2.36. The molecule has 1 saturated carbocycles. The van der Waals surface area contributed by atoms with Crippen molar-refractivity contribution in [2.45, 2.75) is 58.0 Å². The largest absolute Gasteiger partial charge is 0.394 e. The molecule has 0 amide bonds. The molecule has 0 aliphatic heterocycles. The van der Waals surface area contributed by atoms with Gasteiger partial charge in [-0.15, -0.1) is 0 Å². The molecule has 0 radical (unpaired) electrons. The molecule has 0 aromatic carbocycles. The first-order valence-electron chi connectivity index (χ1n) is 7.10. The van der Waals surface area contributed by atoms with Crippen LogP contribution in [0.25, 0.3) is 0 Å². The molecule has 2 unspecified atom stereocenters. The Bertz CT molecular complexity index is 442. The Morgan fingerprint density at radius 3 is 2.79 bits per heavy atom. The molecule has 4 nitrogen and oxygen atoms in total. The summed E-state index contributed by atoms with van der Waals surface area (Å²) in [6.45, 7) is 7.11. The van der Waals surface area contributed by atoms with Crippen molar-refractivity contribution in [2.75, 3.05) is 13.2 Å². The summed E-state index contributed by atoms with van der Waals surface area (Å²) < 4.78 is 2.05. The molecule has 1 aromatic heterocycles. The number of aliphatic hydroxyl groups excluding tert-OH is 1. The third-order valence-electron chi connectivity index (χ3n) is 4.26. The fourth-order valence-electron chi connectivity index (χ4n) is 3.27. The zero-order valence-corrected chi connectivity index (χ0v) is 12.8. The molecule has 1 heterocycles. The van der Waals surface area contributed by atoms with Crippen molar-refractivity contribution in [1.29, 1.82) is 0 Å². The lowest BCUT2D eigenvalue weighted by Gasteiger charge is -2.40. The molecule has 2 N–H and O–H groups in total. The van der Waals surface area contributed by atoms with Gasteiger partial charge in [0.2, 0.25) is 0 Å². The second-order valence-corrected chi connectivity index (χ2v) is 6.03. The number of aryl methyl sites for hydroxylation is 1. The summed E-state index contributed by atoms with van der Waals surface area (Å²) in [5.74, 6) is 0. The molecule has 1 aromatic rings. The lowest BCUT2D eigenvalue weighted by Crippen LogP contribution is -2.52. The number of aliphatic hydroxyl groups is 1. The Balaban J connectivity index is 2.23. The van der Waals surface area contributed by atoms with Gasteiger partial charge in [0.15, 0.2) is 0 Å². The van der Waals surface area contributed by atoms with E-state index in [1.54, 1.807) is 0 Å². The Morgan fingerprint density at radius 1 is 1.53 bits per heavy atom. The highest BCUT2D eigenvalue weighted by atomic mass is 35.5. The van der Waals surface area contributed by atoms with Crippen LogP contribution >= 0.6 is 11.6 Å². The summed E-state index contributed by atoms with van der Waals surface area (Å²) in [5.41, 5.74) is 1.77. The van der Waals surface area contributed by atoms with Crippen LogP contribution in [0.4, 0.5) is 0 Å². The van der Waals surface area contributed by atoms with Gasteiger partial charge in [0, 0.05) is 5.54 Å². The fourth-order valence-corrected chi connectivity index (χ4v) is 3.40. The molecule has 108 valence electrons. The molecule has 1 aliphatic rings. The van der Waals surface area contributed by atoms with Crippen LogP contribution in [-0.4, -0.2) is 33.6 Å². The van der Waals surface area contributed by atoms with Gasteiger partial charge in [0.05, 0.1) is 29.1 Å². The van der Waals surface area contributed by atoms with E-state index in [0.717, 1.165) is 48.6 Å². The molecule has 0 saturated heterocycles. The van der Waals surface area contributed by atoms with Gasteiger partial charge in [-0.1, -0.05) is 18.5 Å². The van der Waals surface area contributed by atoms with Gasteiger partial charge in [-0.3, -0.25) is 4.68 Å². The van der Waals surface area contributed by atoms with Crippen LogP contribution in [0.2, 0.25) is 5.02 Å². The zero-order valence-electron chi connectivity index (χ0n) is 12.0. The lowest BCUT2D eigenvalue weighted by atomic mass is 9.79. The lowest BCUT2D eigenvalue weighted by molar-refractivity contribution is 0.0954. The van der Waals surface area contributed by atoms with Crippen molar-refractivity contribution in [2.24, 2.45) is 0 Å². The zero-order chi connectivity index (χ0) is 14.0. The molecule has 19 heavy (non-hydrogen) atoms. The number of hydrogen-bond acceptors (Lipinski definition) is 3. The van der Waals surface area contributed by atoms with E-state index in [9.17, 15) is 5.11 Å². The van der Waals surface area contributed by atoms with Crippen molar-refractivity contribution >= 4 is 11.6 Å². The minimum absolute atomic E-state index is 0.156. The Morgan fingerprint density at radius 2 is 2.26 bits per heavy atom. The average molecular weight is 286 g/mol. The summed E-state index contributed by atoms with van der Waals surface area (Å²) in [6, 6.07) is 0.325. The van der Waals surface area contributed by atoms with Crippen LogP contribution in [-0.2, 0) is 0 Å². The maximum Gasteiger partial charge on any atom is 0.0844 e. The van der Waals surface area contributed by atoms with Crippen molar-refractivity contribution in [3.05, 3.63) is 16.4 Å². The first kappa shape index (κ1) is 14.8. The molecule has 1 aliphatic carbocycles. The van der Waals surface area contributed by atoms with E-state index in [0.29, 0.717) is 6.04 Å². The maximum atomic E-state index is 9.75. The number of rotatable bonds is 4. The smallest absolute Gasteiger partial charge is 0.0844 e. The number of nitrogens with zero attached hydrogens (tertiary/aromatic N) is 2. The normalized spacial score (nSPS) is 27.7. The number of nitrogens with one attached hydrogen (secondary N) is 1. The van der Waals surface area contributed by atoms with Gasteiger partial charge >= 0.3 is 0 Å². The number of likely N-dealkylation sites (N-methyl/N-ethyl adjacent to an activating group) is 1. The summed E-state index contributed by atoms with van der Waals surface area (Å²) in [6.07, 6.45) is 4.15. The van der Waals surface area contributed by atoms with Gasteiger partial charge < -0.3 is 10.4 Å². The van der Waals surface area contributed by atoms with Gasteiger partial charge in [-0.05, 0) is 46.1 Å². The van der Waals surface area contributed by atoms with Crippen LogP contribution < -0.4 is 5.32 Å². The van der Waals surface area contributed by atoms with E-state index < -0.39 is 0 Å². The number of halogens is 1. The van der Waals surface area contributed by atoms with Crippen LogP contribution in [0.1, 0.15) is 50.0 Å². The quantitative estimate of drug-likeness (QED) is 0.894. The monoisotopic (exact) mass is 285 g/mol. The maximum absolute atomic E-state index is 9.75. The molecule has 0 spiro atoms. The minimum atomic E-state index is -0.156. The second-order valence-electron chi connectivity index (χ2n) is 5.65. The van der Waals surface area contributed by atoms with Crippen molar-refractivity contribution < 1.29 is 5.11 Å². The summed E-state index contributed by atoms with van der Waals surface area (Å²) in [4.78, 5) is 0. The third-order valence-corrected chi connectivity index (χ3v) is 4.80. The predicted molar refractivity (Wildman–Crippen MR) is 77.7 cm³/mol. The van der Waals surface area contributed by atoms with Gasteiger partial charge in [-0.25, -0.2) is 0 Å². The van der Waals surface area contributed by atoms with E-state index >= 15 is 0 Å². The van der Waals surface area contributed by atoms with Crippen molar-refractivity contribution in [3.8, 4) is 0 Å². The van der Waals surface area contributed by atoms with E-state index in [1.807, 2.05) is 13.8 Å². The highest BCUT2D eigenvalue weighted by molar-refractivity contribution is 6.31. The Kier molecular flexibility index (Phi) is 4.54. The van der Waals surface area contributed by atoms with E-state index in [4.69, 9.17) is 11.6 Å².